The van der Waals surface area contributed by atoms with Crippen LogP contribution in [0, 0.1) is 0 Å². The Bertz CT molecular complexity index is 157. The molecule has 0 radical (unpaired) electrons. The highest BCUT2D eigenvalue weighted by Gasteiger charge is 2.33. The number of methoxy groups -OCH3 is 1. The molecule has 4 heteroatoms. The van der Waals surface area contributed by atoms with Crippen LogP contribution in [0.1, 0.15) is 6.42 Å². The van der Waals surface area contributed by atoms with Gasteiger partial charge in [-0.15, -0.1) is 0 Å². The lowest BCUT2D eigenvalue weighted by Crippen LogP contribution is -2.44. The zero-order chi connectivity index (χ0) is 8.43. The summed E-state index contributed by atoms with van der Waals surface area (Å²) in [5.74, 6) is 0.439. The van der Waals surface area contributed by atoms with Crippen molar-refractivity contribution in [1.82, 2.24) is 0 Å². The van der Waals surface area contributed by atoms with Crippen molar-refractivity contribution in [2.24, 2.45) is 0 Å². The Hall–Kier alpha value is -0.580. The molecule has 0 amide bonds. The summed E-state index contributed by atoms with van der Waals surface area (Å²) in [7, 11) is 1.40. The molecule has 1 saturated heterocycles. The molecule has 4 nitrogen and oxygen atoms in total. The van der Waals surface area contributed by atoms with Crippen molar-refractivity contribution in [1.29, 1.82) is 0 Å². The number of ether oxygens (including phenoxy) is 2. The maximum absolute atomic E-state index is 9.21. The predicted molar refractivity (Wildman–Crippen MR) is 37.7 cm³/mol. The van der Waals surface area contributed by atoms with E-state index in [4.69, 9.17) is 9.47 Å². The zero-order valence-corrected chi connectivity index (χ0v) is 6.36. The number of hydrogen-bond acceptors (Lipinski definition) is 4. The van der Waals surface area contributed by atoms with E-state index in [1.807, 2.05) is 0 Å². The molecule has 0 spiro atoms. The van der Waals surface area contributed by atoms with Crippen LogP contribution in [0.25, 0.3) is 0 Å². The summed E-state index contributed by atoms with van der Waals surface area (Å²) < 4.78 is 9.74. The van der Waals surface area contributed by atoms with Crippen LogP contribution in [-0.2, 0) is 9.47 Å². The van der Waals surface area contributed by atoms with E-state index in [0.717, 1.165) is 0 Å². The first kappa shape index (κ1) is 8.52. The molecule has 1 aliphatic rings. The highest BCUT2D eigenvalue weighted by Crippen LogP contribution is 2.21. The van der Waals surface area contributed by atoms with Crippen molar-refractivity contribution in [3.63, 3.8) is 0 Å². The van der Waals surface area contributed by atoms with Crippen molar-refractivity contribution >= 4 is 0 Å². The second kappa shape index (κ2) is 3.21. The van der Waals surface area contributed by atoms with E-state index in [0.29, 0.717) is 5.76 Å². The van der Waals surface area contributed by atoms with Gasteiger partial charge in [-0.3, -0.25) is 0 Å². The lowest BCUT2D eigenvalue weighted by atomic mass is 10.1. The van der Waals surface area contributed by atoms with Crippen molar-refractivity contribution < 1.29 is 19.7 Å². The molecule has 0 aromatic rings. The van der Waals surface area contributed by atoms with Gasteiger partial charge in [0.25, 0.3) is 0 Å². The van der Waals surface area contributed by atoms with E-state index in [9.17, 15) is 10.2 Å². The number of aliphatic hydroxyl groups excluding tert-OH is 2. The molecule has 1 aliphatic heterocycles. The van der Waals surface area contributed by atoms with E-state index in [1.165, 1.54) is 7.11 Å². The molecule has 1 heterocycles. The Balaban J connectivity index is 2.58. The summed E-state index contributed by atoms with van der Waals surface area (Å²) in [6, 6.07) is 0. The fourth-order valence-electron chi connectivity index (χ4n) is 1.01. The van der Waals surface area contributed by atoms with Gasteiger partial charge in [0.15, 0.2) is 0 Å². The molecule has 0 aromatic heterocycles. The minimum Gasteiger partial charge on any atom is -0.467 e. The summed E-state index contributed by atoms with van der Waals surface area (Å²) >= 11 is 0. The molecular weight excluding hydrogens is 148 g/mol. The lowest BCUT2D eigenvalue weighted by Gasteiger charge is -2.32. The van der Waals surface area contributed by atoms with Gasteiger partial charge in [-0.05, 0) is 0 Å². The molecule has 2 N–H and O–H groups in total. The van der Waals surface area contributed by atoms with E-state index in [2.05, 4.69) is 6.58 Å². The maximum atomic E-state index is 9.21. The number of rotatable bonds is 1. The monoisotopic (exact) mass is 160 g/mol. The standard InChI is InChI=1S/C7H12O4/c1-4-3-5(8)6(9)7(10-2)11-4/h5-9H,1,3H2,2H3/t5-,6+,7-/m0/s1. The largest absolute Gasteiger partial charge is 0.467 e. The average molecular weight is 160 g/mol. The van der Waals surface area contributed by atoms with E-state index in [-0.39, 0.29) is 6.42 Å². The summed E-state index contributed by atoms with van der Waals surface area (Å²) in [5, 5.41) is 18.4. The van der Waals surface area contributed by atoms with Crippen molar-refractivity contribution in [3.8, 4) is 0 Å². The molecule has 0 unspecified atom stereocenters. The van der Waals surface area contributed by atoms with Gasteiger partial charge in [0, 0.05) is 13.5 Å². The summed E-state index contributed by atoms with van der Waals surface area (Å²) in [4.78, 5) is 0. The van der Waals surface area contributed by atoms with Gasteiger partial charge in [-0.2, -0.15) is 0 Å². The highest BCUT2D eigenvalue weighted by atomic mass is 16.7. The van der Waals surface area contributed by atoms with Gasteiger partial charge in [-0.25, -0.2) is 0 Å². The number of hydrogen-bond donors (Lipinski definition) is 2. The lowest BCUT2D eigenvalue weighted by molar-refractivity contribution is -0.209. The Morgan fingerprint density at radius 1 is 1.64 bits per heavy atom. The topological polar surface area (TPSA) is 58.9 Å². The van der Waals surface area contributed by atoms with Gasteiger partial charge in [0.1, 0.15) is 6.10 Å². The van der Waals surface area contributed by atoms with Crippen molar-refractivity contribution in [2.75, 3.05) is 7.11 Å². The molecule has 0 aliphatic carbocycles. The van der Waals surface area contributed by atoms with Crippen LogP contribution in [0.15, 0.2) is 12.3 Å². The third kappa shape index (κ3) is 1.71. The Morgan fingerprint density at radius 3 is 2.82 bits per heavy atom. The first-order valence-corrected chi connectivity index (χ1v) is 3.38. The molecule has 0 aromatic carbocycles. The van der Waals surface area contributed by atoms with Gasteiger partial charge in [0.2, 0.25) is 6.29 Å². The van der Waals surface area contributed by atoms with E-state index >= 15 is 0 Å². The van der Waals surface area contributed by atoms with Crippen LogP contribution in [0.4, 0.5) is 0 Å². The number of aliphatic hydroxyl groups is 2. The molecule has 0 bridgehead atoms. The van der Waals surface area contributed by atoms with Gasteiger partial charge >= 0.3 is 0 Å². The smallest absolute Gasteiger partial charge is 0.227 e. The highest BCUT2D eigenvalue weighted by molar-refractivity contribution is 4.94. The van der Waals surface area contributed by atoms with Crippen LogP contribution >= 0.6 is 0 Å². The second-order valence-electron chi connectivity index (χ2n) is 2.52. The molecular formula is C7H12O4. The Morgan fingerprint density at radius 2 is 2.27 bits per heavy atom. The molecule has 1 rings (SSSR count). The van der Waals surface area contributed by atoms with Crippen molar-refractivity contribution in [3.05, 3.63) is 12.3 Å². The van der Waals surface area contributed by atoms with Crippen LogP contribution in [0.3, 0.4) is 0 Å². The van der Waals surface area contributed by atoms with Crippen LogP contribution in [-0.4, -0.2) is 35.8 Å². The average Bonchev–Trinajstić information content (AvgIpc) is 1.96. The van der Waals surface area contributed by atoms with E-state index < -0.39 is 18.5 Å². The summed E-state index contributed by atoms with van der Waals surface area (Å²) in [6.45, 7) is 3.52. The summed E-state index contributed by atoms with van der Waals surface area (Å²) in [5.41, 5.74) is 0. The minimum absolute atomic E-state index is 0.265. The Kier molecular flexibility index (Phi) is 2.49. The van der Waals surface area contributed by atoms with Crippen LogP contribution in [0.5, 0.6) is 0 Å². The van der Waals surface area contributed by atoms with Gasteiger partial charge in [-0.1, -0.05) is 6.58 Å². The van der Waals surface area contributed by atoms with Crippen LogP contribution in [0.2, 0.25) is 0 Å². The third-order valence-corrected chi connectivity index (χ3v) is 1.63. The first-order chi connectivity index (χ1) is 5.15. The predicted octanol–water partition coefficient (Wildman–Crippen LogP) is -0.385. The fraction of sp³-hybridized carbons (Fsp3) is 0.714. The third-order valence-electron chi connectivity index (χ3n) is 1.63. The minimum atomic E-state index is -0.981. The SMILES string of the molecule is C=C1C[C@H](O)[C@@H](O)[C@@H](OC)O1. The Labute approximate surface area is 65.0 Å². The van der Waals surface area contributed by atoms with E-state index in [1.54, 1.807) is 0 Å². The quantitative estimate of drug-likeness (QED) is 0.548. The zero-order valence-electron chi connectivity index (χ0n) is 6.36. The molecule has 64 valence electrons. The molecule has 1 fully saturated rings. The summed E-state index contributed by atoms with van der Waals surface area (Å²) in [6.07, 6.45) is -2.33. The van der Waals surface area contributed by atoms with Gasteiger partial charge < -0.3 is 19.7 Å². The maximum Gasteiger partial charge on any atom is 0.227 e. The second-order valence-corrected chi connectivity index (χ2v) is 2.52. The molecule has 0 saturated carbocycles. The van der Waals surface area contributed by atoms with Gasteiger partial charge in [0.05, 0.1) is 11.9 Å². The molecule has 3 atom stereocenters. The van der Waals surface area contributed by atoms with Crippen LogP contribution < -0.4 is 0 Å². The normalized spacial score (nSPS) is 38.5. The fourth-order valence-corrected chi connectivity index (χ4v) is 1.01. The van der Waals surface area contributed by atoms with Crippen molar-refractivity contribution in [2.45, 2.75) is 24.9 Å². The molecule has 11 heavy (non-hydrogen) atoms. The first-order valence-electron chi connectivity index (χ1n) is 3.38.